The highest BCUT2D eigenvalue weighted by Gasteiger charge is 2.28. The second-order valence-corrected chi connectivity index (χ2v) is 9.20. The van der Waals surface area contributed by atoms with Crippen molar-refractivity contribution in [3.05, 3.63) is 80.9 Å². The summed E-state index contributed by atoms with van der Waals surface area (Å²) < 4.78 is 16.1. The number of halogens is 1. The number of piperazine rings is 1. The lowest BCUT2D eigenvalue weighted by Gasteiger charge is -2.36. The largest absolute Gasteiger partial charge is 0.506 e. The maximum Gasteiger partial charge on any atom is 0.306 e. The Bertz CT molecular complexity index is 1300. The molecule has 1 saturated heterocycles. The molecular formula is C27H29ClN2O7. The quantitative estimate of drug-likeness (QED) is 0.422. The molecule has 0 radical (unpaired) electrons. The van der Waals surface area contributed by atoms with E-state index in [4.69, 9.17) is 25.5 Å². The van der Waals surface area contributed by atoms with Crippen LogP contribution in [0.3, 0.4) is 0 Å². The van der Waals surface area contributed by atoms with Crippen molar-refractivity contribution in [1.29, 1.82) is 0 Å². The number of hydrogen-bond donors (Lipinski definition) is 2. The highest BCUT2D eigenvalue weighted by Crippen LogP contribution is 2.36. The van der Waals surface area contributed by atoms with Gasteiger partial charge in [-0.3, -0.25) is 14.5 Å². The molecule has 1 fully saturated rings. The number of carbonyl (C=O) groups is 1. The summed E-state index contributed by atoms with van der Waals surface area (Å²) in [6.45, 7) is 3.42. The first-order chi connectivity index (χ1) is 17.8. The van der Waals surface area contributed by atoms with E-state index in [1.54, 1.807) is 13.2 Å². The van der Waals surface area contributed by atoms with Gasteiger partial charge in [0, 0.05) is 37.9 Å². The highest BCUT2D eigenvalue weighted by molar-refractivity contribution is 6.32. The minimum atomic E-state index is -0.842. The van der Waals surface area contributed by atoms with Gasteiger partial charge in [-0.25, -0.2) is 0 Å². The molecular weight excluding hydrogens is 500 g/mol. The van der Waals surface area contributed by atoms with Crippen molar-refractivity contribution in [1.82, 2.24) is 4.90 Å². The zero-order valence-electron chi connectivity index (χ0n) is 20.6. The lowest BCUT2D eigenvalue weighted by molar-refractivity contribution is -0.140. The van der Waals surface area contributed by atoms with E-state index < -0.39 is 23.1 Å². The number of phenols is 1. The molecule has 0 amide bonds. The number of phenolic OH excluding ortho intramolecular Hbond substituents is 1. The van der Waals surface area contributed by atoms with Crippen molar-refractivity contribution >= 4 is 23.3 Å². The number of hydrogen-bond acceptors (Lipinski definition) is 9. The summed E-state index contributed by atoms with van der Waals surface area (Å²) in [7, 11) is 2.89. The molecule has 1 aliphatic rings. The Balaban J connectivity index is 1.54. The fraction of sp³-hybridized carbons (Fsp3) is 0.333. The Hall–Kier alpha value is -3.69. The van der Waals surface area contributed by atoms with E-state index in [9.17, 15) is 19.8 Å². The molecule has 2 heterocycles. The summed E-state index contributed by atoms with van der Waals surface area (Å²) in [5, 5.41) is 20.5. The summed E-state index contributed by atoms with van der Waals surface area (Å²) in [4.78, 5) is 29.3. The second kappa shape index (κ2) is 11.6. The fourth-order valence-electron chi connectivity index (χ4n) is 4.40. The zero-order valence-corrected chi connectivity index (χ0v) is 21.4. The molecule has 1 atom stereocenters. The summed E-state index contributed by atoms with van der Waals surface area (Å²) >= 11 is 6.08. The third kappa shape index (κ3) is 6.18. The molecule has 1 aliphatic heterocycles. The summed E-state index contributed by atoms with van der Waals surface area (Å²) in [6.07, 6.45) is -0.196. The van der Waals surface area contributed by atoms with Gasteiger partial charge >= 0.3 is 5.97 Å². The number of anilines is 1. The van der Waals surface area contributed by atoms with E-state index in [1.165, 1.54) is 25.3 Å². The fourth-order valence-corrected chi connectivity index (χ4v) is 4.59. The summed E-state index contributed by atoms with van der Waals surface area (Å²) in [5.41, 5.74) is 0.988. The average molecular weight is 529 g/mol. The summed E-state index contributed by atoms with van der Waals surface area (Å²) in [6, 6.07) is 13.6. The number of benzene rings is 2. The SMILES string of the molecule is COC(=O)C[C@H](c1ccc(O)c(Cl)c1)c1oc(CN2CCN(c3ccc(OC)cc3)CC2)cc(=O)c1O. The maximum atomic E-state index is 12.7. The first kappa shape index (κ1) is 26.4. The van der Waals surface area contributed by atoms with Crippen LogP contribution in [0.5, 0.6) is 17.2 Å². The molecule has 196 valence electrons. The first-order valence-electron chi connectivity index (χ1n) is 11.8. The number of carbonyl (C=O) groups excluding carboxylic acids is 1. The van der Waals surface area contributed by atoms with Crippen molar-refractivity contribution in [3.63, 3.8) is 0 Å². The molecule has 0 saturated carbocycles. The standard InChI is InChI=1S/C27H29ClN2O7/c1-35-19-6-4-18(5-7-19)30-11-9-29(10-12-30)16-20-14-24(32)26(34)27(37-20)21(15-25(33)36-2)17-3-8-23(31)22(28)13-17/h3-8,13-14,21,31,34H,9-12,15-16H2,1-2H3/t21-/m1/s1. The van der Waals surface area contributed by atoms with Crippen LogP contribution in [0.1, 0.15) is 29.4 Å². The van der Waals surface area contributed by atoms with Crippen LogP contribution < -0.4 is 15.1 Å². The lowest BCUT2D eigenvalue weighted by atomic mass is 9.92. The zero-order chi connectivity index (χ0) is 26.5. The molecule has 0 unspecified atom stereocenters. The third-order valence-corrected chi connectivity index (χ3v) is 6.78. The van der Waals surface area contributed by atoms with Crippen LogP contribution in [0.15, 0.2) is 57.7 Å². The molecule has 3 aromatic rings. The van der Waals surface area contributed by atoms with E-state index in [0.29, 0.717) is 17.9 Å². The van der Waals surface area contributed by atoms with Crippen LogP contribution in [-0.2, 0) is 16.1 Å². The number of rotatable bonds is 8. The van der Waals surface area contributed by atoms with Crippen molar-refractivity contribution in [2.75, 3.05) is 45.3 Å². The van der Waals surface area contributed by atoms with E-state index >= 15 is 0 Å². The van der Waals surface area contributed by atoms with Crippen LogP contribution in [-0.4, -0.2) is 61.5 Å². The third-order valence-electron chi connectivity index (χ3n) is 6.48. The first-order valence-corrected chi connectivity index (χ1v) is 12.2. The van der Waals surface area contributed by atoms with Crippen molar-refractivity contribution in [2.45, 2.75) is 18.9 Å². The van der Waals surface area contributed by atoms with Crippen LogP contribution in [0.2, 0.25) is 5.02 Å². The predicted molar refractivity (Wildman–Crippen MR) is 139 cm³/mol. The Morgan fingerprint density at radius 2 is 1.76 bits per heavy atom. The molecule has 2 aromatic carbocycles. The van der Waals surface area contributed by atoms with Crippen molar-refractivity contribution < 1.29 is 28.9 Å². The van der Waals surface area contributed by atoms with E-state index in [0.717, 1.165) is 37.6 Å². The van der Waals surface area contributed by atoms with Gasteiger partial charge in [0.1, 0.15) is 17.3 Å². The Kier molecular flexibility index (Phi) is 8.25. The molecule has 0 aliphatic carbocycles. The Labute approximate surface area is 219 Å². The predicted octanol–water partition coefficient (Wildman–Crippen LogP) is 3.73. The summed E-state index contributed by atoms with van der Waals surface area (Å²) in [5.74, 6) is -0.981. The molecule has 0 spiro atoms. The van der Waals surface area contributed by atoms with Gasteiger partial charge in [-0.05, 0) is 42.0 Å². The second-order valence-electron chi connectivity index (χ2n) is 8.79. The molecule has 37 heavy (non-hydrogen) atoms. The van der Waals surface area contributed by atoms with Crippen LogP contribution in [0.4, 0.5) is 5.69 Å². The van der Waals surface area contributed by atoms with Gasteiger partial charge < -0.3 is 29.0 Å². The molecule has 10 heteroatoms. The molecule has 1 aromatic heterocycles. The highest BCUT2D eigenvalue weighted by atomic mass is 35.5. The van der Waals surface area contributed by atoms with E-state index in [-0.39, 0.29) is 23.0 Å². The molecule has 4 rings (SSSR count). The molecule has 0 bridgehead atoms. The van der Waals surface area contributed by atoms with Gasteiger partial charge in [0.15, 0.2) is 5.76 Å². The maximum absolute atomic E-state index is 12.7. The van der Waals surface area contributed by atoms with Gasteiger partial charge in [-0.2, -0.15) is 0 Å². The van der Waals surface area contributed by atoms with Crippen molar-refractivity contribution in [3.8, 4) is 17.2 Å². The van der Waals surface area contributed by atoms with Crippen LogP contribution in [0, 0.1) is 0 Å². The topological polar surface area (TPSA) is 113 Å². The number of nitrogens with zero attached hydrogens (tertiary/aromatic N) is 2. The number of methoxy groups -OCH3 is 2. The van der Waals surface area contributed by atoms with Gasteiger partial charge in [-0.15, -0.1) is 0 Å². The monoisotopic (exact) mass is 528 g/mol. The Morgan fingerprint density at radius 1 is 1.05 bits per heavy atom. The normalized spacial score (nSPS) is 14.8. The van der Waals surface area contributed by atoms with Crippen molar-refractivity contribution in [2.24, 2.45) is 0 Å². The van der Waals surface area contributed by atoms with Gasteiger partial charge in [0.05, 0.1) is 38.1 Å². The minimum Gasteiger partial charge on any atom is -0.506 e. The van der Waals surface area contributed by atoms with Crippen LogP contribution >= 0.6 is 11.6 Å². The van der Waals surface area contributed by atoms with Gasteiger partial charge in [0.2, 0.25) is 11.2 Å². The number of ether oxygens (including phenoxy) is 2. The van der Waals surface area contributed by atoms with Crippen LogP contribution in [0.25, 0.3) is 0 Å². The van der Waals surface area contributed by atoms with Gasteiger partial charge in [-0.1, -0.05) is 17.7 Å². The van der Waals surface area contributed by atoms with Gasteiger partial charge in [0.25, 0.3) is 0 Å². The lowest BCUT2D eigenvalue weighted by Crippen LogP contribution is -2.46. The van der Waals surface area contributed by atoms with E-state index in [1.807, 2.05) is 24.3 Å². The molecule has 9 nitrogen and oxygen atoms in total. The number of esters is 1. The minimum absolute atomic E-state index is 0.0495. The number of aromatic hydroxyl groups is 2. The van der Waals surface area contributed by atoms with E-state index in [2.05, 4.69) is 9.80 Å². The average Bonchev–Trinajstić information content (AvgIpc) is 2.91. The molecule has 2 N–H and O–H groups in total. The Morgan fingerprint density at radius 3 is 2.38 bits per heavy atom. The smallest absolute Gasteiger partial charge is 0.306 e.